The zero-order valence-electron chi connectivity index (χ0n) is 11.4. The summed E-state index contributed by atoms with van der Waals surface area (Å²) in [5.41, 5.74) is 3.11. The molecule has 1 aromatic rings. The molecule has 0 bridgehead atoms. The van der Waals surface area contributed by atoms with Gasteiger partial charge in [0, 0.05) is 29.6 Å². The Morgan fingerprint density at radius 2 is 2.32 bits per heavy atom. The Morgan fingerprint density at radius 1 is 1.53 bits per heavy atom. The maximum absolute atomic E-state index is 12.3. The van der Waals surface area contributed by atoms with Crippen LogP contribution >= 0.6 is 24.2 Å². The lowest BCUT2D eigenvalue weighted by molar-refractivity contribution is 0.0943. The predicted molar refractivity (Wildman–Crippen MR) is 85.8 cm³/mol. The van der Waals surface area contributed by atoms with Crippen molar-refractivity contribution in [3.63, 3.8) is 0 Å². The summed E-state index contributed by atoms with van der Waals surface area (Å²) in [7, 11) is 0. The molecule has 0 spiro atoms. The minimum Gasteiger partial charge on any atom is -0.385 e. The lowest BCUT2D eigenvalue weighted by atomic mass is 9.97. The Morgan fingerprint density at radius 3 is 3.05 bits per heavy atom. The zero-order chi connectivity index (χ0) is 13.0. The lowest BCUT2D eigenvalue weighted by Crippen LogP contribution is -2.35. The van der Waals surface area contributed by atoms with Crippen molar-refractivity contribution in [3.8, 4) is 0 Å². The van der Waals surface area contributed by atoms with Crippen LogP contribution in [0.3, 0.4) is 0 Å². The molecule has 2 rings (SSSR count). The maximum atomic E-state index is 12.3. The quantitative estimate of drug-likeness (QED) is 0.898. The van der Waals surface area contributed by atoms with Gasteiger partial charge in [-0.1, -0.05) is 6.07 Å². The third-order valence-corrected chi connectivity index (χ3v) is 3.97. The van der Waals surface area contributed by atoms with Crippen LogP contribution in [-0.4, -0.2) is 30.5 Å². The first-order valence-electron chi connectivity index (χ1n) is 6.38. The first kappa shape index (κ1) is 16.2. The predicted octanol–water partition coefficient (Wildman–Crippen LogP) is 2.95. The van der Waals surface area contributed by atoms with E-state index in [-0.39, 0.29) is 24.4 Å². The van der Waals surface area contributed by atoms with E-state index in [1.165, 1.54) is 0 Å². The molecule has 0 aromatic heterocycles. The van der Waals surface area contributed by atoms with E-state index in [1.807, 2.05) is 19.1 Å². The topological polar surface area (TPSA) is 41.1 Å². The number of thioether (sulfide) groups is 1. The fourth-order valence-corrected chi connectivity index (χ4v) is 2.90. The van der Waals surface area contributed by atoms with Gasteiger partial charge in [0.05, 0.1) is 0 Å². The number of anilines is 1. The van der Waals surface area contributed by atoms with E-state index in [0.717, 1.165) is 42.0 Å². The fourth-order valence-electron chi connectivity index (χ4n) is 2.32. The summed E-state index contributed by atoms with van der Waals surface area (Å²) in [6, 6.07) is 6.13. The normalized spacial score (nSPS) is 14.6. The second-order valence-corrected chi connectivity index (χ2v) is 5.60. The van der Waals surface area contributed by atoms with E-state index < -0.39 is 0 Å². The SMILES string of the molecule is CSCC(C)NC(=O)c1cccc2c1CCCN2.Cl. The van der Waals surface area contributed by atoms with Gasteiger partial charge in [-0.2, -0.15) is 11.8 Å². The summed E-state index contributed by atoms with van der Waals surface area (Å²) >= 11 is 1.75. The molecule has 1 amide bonds. The van der Waals surface area contributed by atoms with Gasteiger partial charge in [0.15, 0.2) is 0 Å². The van der Waals surface area contributed by atoms with Crippen LogP contribution in [-0.2, 0) is 6.42 Å². The molecule has 0 fully saturated rings. The highest BCUT2D eigenvalue weighted by molar-refractivity contribution is 7.98. The second-order valence-electron chi connectivity index (χ2n) is 4.69. The van der Waals surface area contributed by atoms with Crippen molar-refractivity contribution in [3.05, 3.63) is 29.3 Å². The van der Waals surface area contributed by atoms with Crippen molar-refractivity contribution in [2.45, 2.75) is 25.8 Å². The number of hydrogen-bond donors (Lipinski definition) is 2. The number of nitrogens with one attached hydrogen (secondary N) is 2. The van der Waals surface area contributed by atoms with Gasteiger partial charge in [0.25, 0.3) is 5.91 Å². The van der Waals surface area contributed by atoms with Crippen LogP contribution in [0.2, 0.25) is 0 Å². The monoisotopic (exact) mass is 300 g/mol. The largest absolute Gasteiger partial charge is 0.385 e. The molecule has 0 saturated carbocycles. The Kier molecular flexibility index (Phi) is 6.52. The standard InChI is InChI=1S/C14H20N2OS.ClH/c1-10(9-18-2)16-14(17)12-5-3-7-13-11(12)6-4-8-15-13;/h3,5,7,10,15H,4,6,8-9H2,1-2H3,(H,16,17);1H. The van der Waals surface area contributed by atoms with Crippen molar-refractivity contribution in [1.82, 2.24) is 5.32 Å². The third kappa shape index (κ3) is 4.05. The average molecular weight is 301 g/mol. The molecule has 3 nitrogen and oxygen atoms in total. The van der Waals surface area contributed by atoms with Gasteiger partial charge < -0.3 is 10.6 Å². The molecule has 2 N–H and O–H groups in total. The molecule has 5 heteroatoms. The highest BCUT2D eigenvalue weighted by Gasteiger charge is 2.18. The smallest absolute Gasteiger partial charge is 0.251 e. The number of fused-ring (bicyclic) bond motifs is 1. The molecule has 1 unspecified atom stereocenters. The summed E-state index contributed by atoms with van der Waals surface area (Å²) in [6.45, 7) is 3.04. The number of hydrogen-bond acceptors (Lipinski definition) is 3. The molecule has 19 heavy (non-hydrogen) atoms. The summed E-state index contributed by atoms with van der Waals surface area (Å²) in [5.74, 6) is 0.996. The third-order valence-electron chi connectivity index (χ3n) is 3.13. The van der Waals surface area contributed by atoms with Gasteiger partial charge in [0.1, 0.15) is 0 Å². The number of halogens is 1. The van der Waals surface area contributed by atoms with Crippen LogP contribution in [0.25, 0.3) is 0 Å². The Bertz CT molecular complexity index is 439. The van der Waals surface area contributed by atoms with Crippen LogP contribution in [0.5, 0.6) is 0 Å². The van der Waals surface area contributed by atoms with E-state index >= 15 is 0 Å². The number of amides is 1. The average Bonchev–Trinajstić information content (AvgIpc) is 2.38. The van der Waals surface area contributed by atoms with E-state index in [9.17, 15) is 4.79 Å². The zero-order valence-corrected chi connectivity index (χ0v) is 13.0. The number of rotatable bonds is 4. The first-order chi connectivity index (χ1) is 8.72. The fraction of sp³-hybridized carbons (Fsp3) is 0.500. The minimum absolute atomic E-state index is 0. The molecule has 1 heterocycles. The van der Waals surface area contributed by atoms with Crippen LogP contribution in [0, 0.1) is 0 Å². The van der Waals surface area contributed by atoms with Gasteiger partial charge in [-0.3, -0.25) is 4.79 Å². The Balaban J connectivity index is 0.00000180. The van der Waals surface area contributed by atoms with E-state index in [2.05, 4.69) is 23.0 Å². The molecule has 0 saturated heterocycles. The van der Waals surface area contributed by atoms with Crippen molar-refractivity contribution in [2.24, 2.45) is 0 Å². The number of carbonyl (C=O) groups is 1. The lowest BCUT2D eigenvalue weighted by Gasteiger charge is -2.21. The van der Waals surface area contributed by atoms with E-state index in [4.69, 9.17) is 0 Å². The Hall–Kier alpha value is -0.870. The minimum atomic E-state index is 0. The summed E-state index contributed by atoms with van der Waals surface area (Å²) in [5, 5.41) is 6.41. The highest BCUT2D eigenvalue weighted by Crippen LogP contribution is 2.25. The van der Waals surface area contributed by atoms with E-state index in [1.54, 1.807) is 11.8 Å². The van der Waals surface area contributed by atoms with Gasteiger partial charge in [-0.15, -0.1) is 12.4 Å². The molecule has 1 aliphatic heterocycles. The first-order valence-corrected chi connectivity index (χ1v) is 7.77. The summed E-state index contributed by atoms with van der Waals surface area (Å²) < 4.78 is 0. The number of carbonyl (C=O) groups excluding carboxylic acids is 1. The molecule has 0 radical (unpaired) electrons. The molecule has 106 valence electrons. The molecule has 0 aliphatic carbocycles. The van der Waals surface area contributed by atoms with Crippen molar-refractivity contribution in [2.75, 3.05) is 23.9 Å². The molecular formula is C14H21ClN2OS. The van der Waals surface area contributed by atoms with Crippen LogP contribution in [0.4, 0.5) is 5.69 Å². The molecule has 1 aromatic carbocycles. The van der Waals surface area contributed by atoms with Crippen molar-refractivity contribution in [1.29, 1.82) is 0 Å². The highest BCUT2D eigenvalue weighted by atomic mass is 35.5. The molecule has 1 atom stereocenters. The molecular weight excluding hydrogens is 280 g/mol. The second kappa shape index (κ2) is 7.65. The van der Waals surface area contributed by atoms with Crippen LogP contribution in [0.1, 0.15) is 29.3 Å². The summed E-state index contributed by atoms with van der Waals surface area (Å²) in [6.07, 6.45) is 4.14. The van der Waals surface area contributed by atoms with Crippen LogP contribution < -0.4 is 10.6 Å². The van der Waals surface area contributed by atoms with Crippen molar-refractivity contribution >= 4 is 35.8 Å². The maximum Gasteiger partial charge on any atom is 0.251 e. The summed E-state index contributed by atoms with van der Waals surface area (Å²) in [4.78, 5) is 12.3. The van der Waals surface area contributed by atoms with Gasteiger partial charge >= 0.3 is 0 Å². The van der Waals surface area contributed by atoms with Gasteiger partial charge in [-0.25, -0.2) is 0 Å². The van der Waals surface area contributed by atoms with Gasteiger partial charge in [0.2, 0.25) is 0 Å². The van der Waals surface area contributed by atoms with Gasteiger partial charge in [-0.05, 0) is 43.7 Å². The molecule has 1 aliphatic rings. The van der Waals surface area contributed by atoms with Crippen molar-refractivity contribution < 1.29 is 4.79 Å². The number of benzene rings is 1. The Labute approximate surface area is 125 Å². The van der Waals surface area contributed by atoms with Crippen LogP contribution in [0.15, 0.2) is 18.2 Å². The van der Waals surface area contributed by atoms with E-state index in [0.29, 0.717) is 0 Å².